The lowest BCUT2D eigenvalue weighted by Crippen LogP contribution is -2.29. The predicted molar refractivity (Wildman–Crippen MR) is 107 cm³/mol. The molecule has 3 aromatic rings. The standard InChI is InChI=1S/C22H25F2N3/c1-3-14-10-20(24)22(12-19(14)23)26-16-4-5-17-18(13-25-21(17)11-16)15-6-8-27(2)9-7-15/h4-5,10-13,15,25-26H,3,6-9H2,1-2H3. The van der Waals surface area contributed by atoms with E-state index in [2.05, 4.69) is 34.5 Å². The molecule has 2 N–H and O–H groups in total. The highest BCUT2D eigenvalue weighted by molar-refractivity contribution is 5.87. The molecule has 3 nitrogen and oxygen atoms in total. The SMILES string of the molecule is CCc1cc(F)c(Nc2ccc3c(C4CCN(C)CC4)c[nH]c3c2)cc1F. The predicted octanol–water partition coefficient (Wildman–Crippen LogP) is 5.56. The Morgan fingerprint density at radius 2 is 1.89 bits per heavy atom. The maximum Gasteiger partial charge on any atom is 0.147 e. The Hall–Kier alpha value is -2.40. The van der Waals surface area contributed by atoms with Gasteiger partial charge in [0.2, 0.25) is 0 Å². The molecule has 0 bridgehead atoms. The third kappa shape index (κ3) is 3.56. The van der Waals surface area contributed by atoms with Crippen LogP contribution in [0.15, 0.2) is 36.5 Å². The molecule has 142 valence electrons. The summed E-state index contributed by atoms with van der Waals surface area (Å²) in [5.74, 6) is -0.249. The van der Waals surface area contributed by atoms with E-state index in [0.717, 1.165) is 37.1 Å². The molecule has 0 saturated carbocycles. The van der Waals surface area contributed by atoms with Crippen LogP contribution in [0, 0.1) is 11.6 Å². The zero-order valence-electron chi connectivity index (χ0n) is 15.8. The molecule has 1 saturated heterocycles. The van der Waals surface area contributed by atoms with Gasteiger partial charge in [0.25, 0.3) is 0 Å². The fourth-order valence-electron chi connectivity index (χ4n) is 3.99. The van der Waals surface area contributed by atoms with Crippen molar-refractivity contribution in [3.8, 4) is 0 Å². The van der Waals surface area contributed by atoms with Gasteiger partial charge in [0, 0.05) is 28.9 Å². The summed E-state index contributed by atoms with van der Waals surface area (Å²) in [7, 11) is 2.17. The fraction of sp³-hybridized carbons (Fsp3) is 0.364. The van der Waals surface area contributed by atoms with Crippen LogP contribution < -0.4 is 5.32 Å². The van der Waals surface area contributed by atoms with Crippen LogP contribution in [0.4, 0.5) is 20.2 Å². The molecule has 0 unspecified atom stereocenters. The average molecular weight is 369 g/mol. The minimum Gasteiger partial charge on any atom is -0.361 e. The first-order valence-electron chi connectivity index (χ1n) is 9.59. The molecular formula is C22H25F2N3. The Balaban J connectivity index is 1.59. The van der Waals surface area contributed by atoms with Gasteiger partial charge in [-0.05, 0) is 74.6 Å². The quantitative estimate of drug-likeness (QED) is 0.631. The highest BCUT2D eigenvalue weighted by Crippen LogP contribution is 2.34. The third-order valence-corrected chi connectivity index (χ3v) is 5.67. The summed E-state index contributed by atoms with van der Waals surface area (Å²) in [5.41, 5.74) is 3.66. The smallest absolute Gasteiger partial charge is 0.147 e. The summed E-state index contributed by atoms with van der Waals surface area (Å²) >= 11 is 0. The number of benzene rings is 2. The molecular weight excluding hydrogens is 344 g/mol. The van der Waals surface area contributed by atoms with Gasteiger partial charge in [0.05, 0.1) is 5.69 Å². The molecule has 1 aliphatic rings. The van der Waals surface area contributed by atoms with Crippen LogP contribution in [-0.4, -0.2) is 30.0 Å². The number of aryl methyl sites for hydroxylation is 1. The molecule has 0 aliphatic carbocycles. The number of piperidine rings is 1. The first-order chi connectivity index (χ1) is 13.0. The highest BCUT2D eigenvalue weighted by Gasteiger charge is 2.21. The minimum absolute atomic E-state index is 0.158. The van der Waals surface area contributed by atoms with Gasteiger partial charge in [-0.25, -0.2) is 8.78 Å². The first kappa shape index (κ1) is 18.0. The second kappa shape index (κ2) is 7.31. The maximum absolute atomic E-state index is 14.3. The van der Waals surface area contributed by atoms with Crippen molar-refractivity contribution in [2.75, 3.05) is 25.5 Å². The summed E-state index contributed by atoms with van der Waals surface area (Å²) in [4.78, 5) is 5.71. The van der Waals surface area contributed by atoms with Gasteiger partial charge in [-0.1, -0.05) is 13.0 Å². The van der Waals surface area contributed by atoms with Gasteiger partial charge in [-0.2, -0.15) is 0 Å². The monoisotopic (exact) mass is 369 g/mol. The van der Waals surface area contributed by atoms with E-state index in [0.29, 0.717) is 17.9 Å². The van der Waals surface area contributed by atoms with E-state index in [1.165, 1.54) is 23.1 Å². The third-order valence-electron chi connectivity index (χ3n) is 5.67. The maximum atomic E-state index is 14.3. The Labute approximate surface area is 158 Å². The van der Waals surface area contributed by atoms with E-state index in [1.807, 2.05) is 19.1 Å². The van der Waals surface area contributed by atoms with Crippen molar-refractivity contribution in [3.05, 3.63) is 59.3 Å². The number of nitrogens with zero attached hydrogens (tertiary/aromatic N) is 1. The van der Waals surface area contributed by atoms with Crippen molar-refractivity contribution in [2.24, 2.45) is 0 Å². The van der Waals surface area contributed by atoms with Gasteiger partial charge in [-0.3, -0.25) is 0 Å². The molecule has 1 aliphatic heterocycles. The summed E-state index contributed by atoms with van der Waals surface area (Å²) in [6.07, 6.45) is 4.90. The Bertz CT molecular complexity index is 956. The van der Waals surface area contributed by atoms with E-state index < -0.39 is 5.82 Å². The number of hydrogen-bond acceptors (Lipinski definition) is 2. The molecule has 2 heterocycles. The zero-order valence-corrected chi connectivity index (χ0v) is 15.8. The molecule has 27 heavy (non-hydrogen) atoms. The van der Waals surface area contributed by atoms with E-state index in [4.69, 9.17) is 0 Å². The number of fused-ring (bicyclic) bond motifs is 1. The zero-order chi connectivity index (χ0) is 19.0. The topological polar surface area (TPSA) is 31.1 Å². The molecule has 0 radical (unpaired) electrons. The fourth-order valence-corrected chi connectivity index (χ4v) is 3.99. The van der Waals surface area contributed by atoms with E-state index in [9.17, 15) is 8.78 Å². The van der Waals surface area contributed by atoms with Crippen LogP contribution in [0.1, 0.15) is 36.8 Å². The average Bonchev–Trinajstić information content (AvgIpc) is 3.08. The number of rotatable bonds is 4. The van der Waals surface area contributed by atoms with Crippen molar-refractivity contribution >= 4 is 22.3 Å². The molecule has 0 spiro atoms. The van der Waals surface area contributed by atoms with E-state index in [-0.39, 0.29) is 11.5 Å². The van der Waals surface area contributed by atoms with Gasteiger partial charge in [-0.15, -0.1) is 0 Å². The Kier molecular flexibility index (Phi) is 4.87. The van der Waals surface area contributed by atoms with Gasteiger partial charge < -0.3 is 15.2 Å². The van der Waals surface area contributed by atoms with Crippen molar-refractivity contribution in [3.63, 3.8) is 0 Å². The van der Waals surface area contributed by atoms with Gasteiger partial charge >= 0.3 is 0 Å². The number of anilines is 2. The lowest BCUT2D eigenvalue weighted by atomic mass is 9.89. The number of hydrogen-bond donors (Lipinski definition) is 2. The number of halogens is 2. The van der Waals surface area contributed by atoms with E-state index >= 15 is 0 Å². The largest absolute Gasteiger partial charge is 0.361 e. The molecule has 0 amide bonds. The van der Waals surface area contributed by atoms with Crippen molar-refractivity contribution in [1.82, 2.24) is 9.88 Å². The second-order valence-corrected chi connectivity index (χ2v) is 7.48. The van der Waals surface area contributed by atoms with Crippen LogP contribution in [-0.2, 0) is 6.42 Å². The normalized spacial score (nSPS) is 16.1. The van der Waals surface area contributed by atoms with Crippen LogP contribution in [0.25, 0.3) is 10.9 Å². The molecule has 0 atom stereocenters. The van der Waals surface area contributed by atoms with Crippen molar-refractivity contribution in [2.45, 2.75) is 32.1 Å². The molecule has 1 fully saturated rings. The van der Waals surface area contributed by atoms with Gasteiger partial charge in [0.15, 0.2) is 0 Å². The summed E-state index contributed by atoms with van der Waals surface area (Å²) in [6.45, 7) is 4.05. The summed E-state index contributed by atoms with van der Waals surface area (Å²) < 4.78 is 28.3. The second-order valence-electron chi connectivity index (χ2n) is 7.48. The number of H-pyrrole nitrogens is 1. The lowest BCUT2D eigenvalue weighted by molar-refractivity contribution is 0.256. The van der Waals surface area contributed by atoms with E-state index in [1.54, 1.807) is 0 Å². The van der Waals surface area contributed by atoms with Crippen LogP contribution in [0.2, 0.25) is 0 Å². The number of likely N-dealkylation sites (tertiary alicyclic amines) is 1. The van der Waals surface area contributed by atoms with Crippen molar-refractivity contribution in [1.29, 1.82) is 0 Å². The summed E-state index contributed by atoms with van der Waals surface area (Å²) in [6, 6.07) is 8.45. The van der Waals surface area contributed by atoms with Crippen molar-refractivity contribution < 1.29 is 8.78 Å². The first-order valence-corrected chi connectivity index (χ1v) is 9.59. The Morgan fingerprint density at radius 3 is 2.63 bits per heavy atom. The van der Waals surface area contributed by atoms with Gasteiger partial charge in [0.1, 0.15) is 11.6 Å². The summed E-state index contributed by atoms with van der Waals surface area (Å²) in [5, 5.41) is 4.22. The van der Waals surface area contributed by atoms with Crippen LogP contribution in [0.5, 0.6) is 0 Å². The van der Waals surface area contributed by atoms with Crippen LogP contribution in [0.3, 0.4) is 0 Å². The molecule has 1 aromatic heterocycles. The molecule has 4 rings (SSSR count). The number of aromatic amines is 1. The van der Waals surface area contributed by atoms with Crippen LogP contribution >= 0.6 is 0 Å². The lowest BCUT2D eigenvalue weighted by Gasteiger charge is -2.28. The number of aromatic nitrogens is 1. The minimum atomic E-state index is -0.438. The molecule has 5 heteroatoms. The Morgan fingerprint density at radius 1 is 1.11 bits per heavy atom. The molecule has 2 aromatic carbocycles. The highest BCUT2D eigenvalue weighted by atomic mass is 19.1. The number of nitrogens with one attached hydrogen (secondary N) is 2.